The minimum atomic E-state index is -3.72. The van der Waals surface area contributed by atoms with Gasteiger partial charge in [-0.25, -0.2) is 8.42 Å². The van der Waals surface area contributed by atoms with Crippen molar-refractivity contribution in [2.24, 2.45) is 0 Å². The van der Waals surface area contributed by atoms with E-state index in [1.54, 1.807) is 47.0 Å². The number of hydrogen-bond donors (Lipinski definition) is 1. The van der Waals surface area contributed by atoms with Crippen molar-refractivity contribution in [3.63, 3.8) is 0 Å². The molecule has 0 saturated heterocycles. The van der Waals surface area contributed by atoms with Gasteiger partial charge >= 0.3 is 0 Å². The van der Waals surface area contributed by atoms with E-state index in [9.17, 15) is 8.42 Å². The summed E-state index contributed by atoms with van der Waals surface area (Å²) in [6.45, 7) is 1.90. The molecule has 0 amide bonds. The minimum Gasteiger partial charge on any atom is -0.495 e. The lowest BCUT2D eigenvalue weighted by Crippen LogP contribution is -2.14. The molecule has 0 aliphatic heterocycles. The zero-order valence-electron chi connectivity index (χ0n) is 13.2. The Morgan fingerprint density at radius 1 is 1.04 bits per heavy atom. The molecule has 0 aliphatic carbocycles. The number of rotatable bonds is 5. The predicted molar refractivity (Wildman–Crippen MR) is 89.9 cm³/mol. The predicted octanol–water partition coefficient (Wildman–Crippen LogP) is 2.39. The van der Waals surface area contributed by atoms with Gasteiger partial charge in [0.2, 0.25) is 0 Å². The Morgan fingerprint density at radius 2 is 1.71 bits per heavy atom. The molecule has 3 rings (SSSR count). The van der Waals surface area contributed by atoms with Gasteiger partial charge in [0.05, 0.1) is 23.4 Å². The number of nitrogens with one attached hydrogen (secondary N) is 1. The van der Waals surface area contributed by atoms with Crippen LogP contribution in [-0.2, 0) is 10.0 Å². The molecular formula is C16H16N4O3S. The number of hydrogen-bond acceptors (Lipinski definition) is 5. The molecule has 0 saturated carbocycles. The molecule has 0 fully saturated rings. The van der Waals surface area contributed by atoms with E-state index < -0.39 is 10.0 Å². The standard InChI is InChI=1S/C16H16N4O3S/c1-12-3-6-14(7-4-12)24(21,22)19-15-9-13(5-8-16(15)23-2)20-10-17-18-11-20/h3-11,19H,1-2H3. The van der Waals surface area contributed by atoms with Crippen molar-refractivity contribution in [1.29, 1.82) is 0 Å². The molecule has 0 aliphatic rings. The highest BCUT2D eigenvalue weighted by molar-refractivity contribution is 7.92. The van der Waals surface area contributed by atoms with Gasteiger partial charge in [0.15, 0.2) is 0 Å². The molecule has 1 heterocycles. The first-order chi connectivity index (χ1) is 11.5. The first-order valence-electron chi connectivity index (χ1n) is 7.12. The lowest BCUT2D eigenvalue weighted by molar-refractivity contribution is 0.417. The summed E-state index contributed by atoms with van der Waals surface area (Å²) in [4.78, 5) is 0.185. The van der Waals surface area contributed by atoms with Crippen LogP contribution in [-0.4, -0.2) is 30.3 Å². The van der Waals surface area contributed by atoms with E-state index in [0.29, 0.717) is 17.1 Å². The van der Waals surface area contributed by atoms with Crippen LogP contribution in [0.4, 0.5) is 5.69 Å². The molecule has 0 bridgehead atoms. The summed E-state index contributed by atoms with van der Waals surface area (Å²) in [6.07, 6.45) is 3.06. The molecule has 0 radical (unpaired) electrons. The highest BCUT2D eigenvalue weighted by atomic mass is 32.2. The van der Waals surface area contributed by atoms with Gasteiger partial charge < -0.3 is 4.74 Å². The van der Waals surface area contributed by atoms with Crippen LogP contribution < -0.4 is 9.46 Å². The van der Waals surface area contributed by atoms with E-state index in [2.05, 4.69) is 14.9 Å². The van der Waals surface area contributed by atoms with Crippen LogP contribution in [0, 0.1) is 6.92 Å². The van der Waals surface area contributed by atoms with Crippen LogP contribution in [0.1, 0.15) is 5.56 Å². The average Bonchev–Trinajstić information content (AvgIpc) is 3.09. The molecule has 0 spiro atoms. The third-order valence-electron chi connectivity index (χ3n) is 3.48. The Morgan fingerprint density at radius 3 is 2.33 bits per heavy atom. The van der Waals surface area contributed by atoms with Gasteiger partial charge in [0.25, 0.3) is 10.0 Å². The molecule has 1 aromatic heterocycles. The maximum absolute atomic E-state index is 12.6. The smallest absolute Gasteiger partial charge is 0.262 e. The molecule has 1 N–H and O–H groups in total. The van der Waals surface area contributed by atoms with Gasteiger partial charge in [-0.1, -0.05) is 17.7 Å². The molecule has 3 aromatic rings. The maximum Gasteiger partial charge on any atom is 0.262 e. The fraction of sp³-hybridized carbons (Fsp3) is 0.125. The number of aryl methyl sites for hydroxylation is 1. The molecule has 124 valence electrons. The van der Waals surface area contributed by atoms with Gasteiger partial charge in [-0.05, 0) is 37.3 Å². The monoisotopic (exact) mass is 344 g/mol. The molecule has 2 aromatic carbocycles. The number of aromatic nitrogens is 3. The Bertz CT molecular complexity index is 936. The molecule has 0 atom stereocenters. The Balaban J connectivity index is 1.99. The van der Waals surface area contributed by atoms with Crippen molar-refractivity contribution in [2.75, 3.05) is 11.8 Å². The molecule has 24 heavy (non-hydrogen) atoms. The van der Waals surface area contributed by atoms with E-state index in [4.69, 9.17) is 4.74 Å². The van der Waals surface area contributed by atoms with Crippen LogP contribution in [0.3, 0.4) is 0 Å². The second kappa shape index (κ2) is 6.32. The van der Waals surface area contributed by atoms with Crippen molar-refractivity contribution >= 4 is 15.7 Å². The first-order valence-corrected chi connectivity index (χ1v) is 8.60. The number of anilines is 1. The Kier molecular flexibility index (Phi) is 4.22. The maximum atomic E-state index is 12.6. The summed E-state index contributed by atoms with van der Waals surface area (Å²) in [6, 6.07) is 11.8. The fourth-order valence-corrected chi connectivity index (χ4v) is 3.25. The van der Waals surface area contributed by atoms with E-state index in [1.807, 2.05) is 6.92 Å². The number of methoxy groups -OCH3 is 1. The van der Waals surface area contributed by atoms with E-state index in [0.717, 1.165) is 5.56 Å². The van der Waals surface area contributed by atoms with Crippen molar-refractivity contribution < 1.29 is 13.2 Å². The summed E-state index contributed by atoms with van der Waals surface area (Å²) >= 11 is 0. The van der Waals surface area contributed by atoms with Crippen LogP contribution >= 0.6 is 0 Å². The third-order valence-corrected chi connectivity index (χ3v) is 4.86. The SMILES string of the molecule is COc1ccc(-n2cnnc2)cc1NS(=O)(=O)c1ccc(C)cc1. The zero-order valence-corrected chi connectivity index (χ0v) is 14.0. The van der Waals surface area contributed by atoms with E-state index in [1.165, 1.54) is 19.8 Å². The van der Waals surface area contributed by atoms with Crippen molar-refractivity contribution in [3.8, 4) is 11.4 Å². The quantitative estimate of drug-likeness (QED) is 0.768. The topological polar surface area (TPSA) is 86.1 Å². The number of ether oxygens (including phenoxy) is 1. The summed E-state index contributed by atoms with van der Waals surface area (Å²) in [5.74, 6) is 0.419. The minimum absolute atomic E-state index is 0.185. The highest BCUT2D eigenvalue weighted by Gasteiger charge is 2.17. The highest BCUT2D eigenvalue weighted by Crippen LogP contribution is 2.29. The second-order valence-corrected chi connectivity index (χ2v) is 6.85. The van der Waals surface area contributed by atoms with Gasteiger partial charge in [-0.15, -0.1) is 10.2 Å². The lowest BCUT2D eigenvalue weighted by Gasteiger charge is -2.13. The fourth-order valence-electron chi connectivity index (χ4n) is 2.19. The first kappa shape index (κ1) is 16.0. The molecule has 7 nitrogen and oxygen atoms in total. The molecule has 8 heteroatoms. The summed E-state index contributed by atoms with van der Waals surface area (Å²) < 4.78 is 34.7. The summed E-state index contributed by atoms with van der Waals surface area (Å²) in [5, 5.41) is 7.49. The van der Waals surface area contributed by atoms with Gasteiger partial charge in [0, 0.05) is 0 Å². The van der Waals surface area contributed by atoms with E-state index >= 15 is 0 Å². The van der Waals surface area contributed by atoms with Gasteiger partial charge in [0.1, 0.15) is 18.4 Å². The van der Waals surface area contributed by atoms with Crippen molar-refractivity contribution in [1.82, 2.24) is 14.8 Å². The zero-order chi connectivity index (χ0) is 17.2. The van der Waals surface area contributed by atoms with Crippen LogP contribution in [0.15, 0.2) is 60.0 Å². The lowest BCUT2D eigenvalue weighted by atomic mass is 10.2. The largest absolute Gasteiger partial charge is 0.495 e. The van der Waals surface area contributed by atoms with E-state index in [-0.39, 0.29) is 4.90 Å². The third kappa shape index (κ3) is 3.23. The van der Waals surface area contributed by atoms with Crippen LogP contribution in [0.5, 0.6) is 5.75 Å². The normalized spacial score (nSPS) is 11.2. The number of nitrogens with zero attached hydrogens (tertiary/aromatic N) is 3. The molecule has 0 unspecified atom stereocenters. The second-order valence-electron chi connectivity index (χ2n) is 5.17. The average molecular weight is 344 g/mol. The number of sulfonamides is 1. The summed E-state index contributed by atoms with van der Waals surface area (Å²) in [5.41, 5.74) is 2.04. The molecular weight excluding hydrogens is 328 g/mol. The number of benzene rings is 2. The van der Waals surface area contributed by atoms with Crippen molar-refractivity contribution in [2.45, 2.75) is 11.8 Å². The van der Waals surface area contributed by atoms with Crippen LogP contribution in [0.25, 0.3) is 5.69 Å². The van der Waals surface area contributed by atoms with Gasteiger partial charge in [-0.3, -0.25) is 9.29 Å². The Hall–Kier alpha value is -2.87. The van der Waals surface area contributed by atoms with Crippen molar-refractivity contribution in [3.05, 3.63) is 60.7 Å². The van der Waals surface area contributed by atoms with Crippen LogP contribution in [0.2, 0.25) is 0 Å². The van der Waals surface area contributed by atoms with Gasteiger partial charge in [-0.2, -0.15) is 0 Å². The Labute approximate surface area is 140 Å². The summed E-state index contributed by atoms with van der Waals surface area (Å²) in [7, 11) is -2.24.